The fourth-order valence-corrected chi connectivity index (χ4v) is 5.22. The number of allylic oxidation sites excluding steroid dienone is 1. The van der Waals surface area contributed by atoms with Crippen LogP contribution in [0.5, 0.6) is 0 Å². The Morgan fingerprint density at radius 1 is 1.06 bits per heavy atom. The van der Waals surface area contributed by atoms with Gasteiger partial charge in [0.25, 0.3) is 5.91 Å². The minimum Gasteiger partial charge on any atom is -0.328 e. The third-order valence-corrected chi connectivity index (χ3v) is 7.27. The fraction of sp³-hybridized carbons (Fsp3) is 0.179. The van der Waals surface area contributed by atoms with Crippen molar-refractivity contribution in [1.29, 1.82) is 0 Å². The van der Waals surface area contributed by atoms with Crippen LogP contribution in [-0.4, -0.2) is 20.7 Å². The number of anilines is 2. The molecule has 1 atom stereocenters. The fourth-order valence-electron chi connectivity index (χ4n) is 4.31. The number of nitrogens with zero attached hydrogens (tertiary/aromatic N) is 3. The highest BCUT2D eigenvalue weighted by Crippen LogP contribution is 2.37. The molecule has 1 aliphatic heterocycles. The maximum Gasteiger partial charge on any atom is 0.255 e. The molecule has 0 aliphatic carbocycles. The van der Waals surface area contributed by atoms with Crippen LogP contribution < -0.4 is 10.6 Å². The molecule has 2 N–H and O–H groups in total. The summed E-state index contributed by atoms with van der Waals surface area (Å²) in [6.45, 7) is 5.92. The van der Waals surface area contributed by atoms with Gasteiger partial charge in [-0.2, -0.15) is 4.98 Å². The second-order valence-electron chi connectivity index (χ2n) is 8.83. The van der Waals surface area contributed by atoms with Crippen molar-refractivity contribution < 1.29 is 4.79 Å². The molecule has 1 unspecified atom stereocenters. The van der Waals surface area contributed by atoms with Gasteiger partial charge in [0.1, 0.15) is 6.04 Å². The van der Waals surface area contributed by atoms with Crippen LogP contribution in [0.2, 0.25) is 5.02 Å². The Morgan fingerprint density at radius 2 is 1.81 bits per heavy atom. The van der Waals surface area contributed by atoms with Crippen molar-refractivity contribution in [2.75, 3.05) is 10.6 Å². The second kappa shape index (κ2) is 10.2. The van der Waals surface area contributed by atoms with Crippen LogP contribution in [0.3, 0.4) is 0 Å². The first-order valence-corrected chi connectivity index (χ1v) is 13.0. The summed E-state index contributed by atoms with van der Waals surface area (Å²) in [5.74, 6) is 1.17. The highest BCUT2D eigenvalue weighted by Gasteiger charge is 2.34. The van der Waals surface area contributed by atoms with E-state index in [1.165, 1.54) is 5.56 Å². The molecule has 0 fully saturated rings. The Labute approximate surface area is 219 Å². The van der Waals surface area contributed by atoms with Gasteiger partial charge in [-0.05, 0) is 55.7 Å². The Kier molecular flexibility index (Phi) is 6.85. The van der Waals surface area contributed by atoms with E-state index in [0.717, 1.165) is 33.8 Å². The lowest BCUT2D eigenvalue weighted by molar-refractivity contribution is -0.113. The highest BCUT2D eigenvalue weighted by molar-refractivity contribution is 7.98. The van der Waals surface area contributed by atoms with E-state index in [-0.39, 0.29) is 5.91 Å². The van der Waals surface area contributed by atoms with Crippen LogP contribution in [0.4, 0.5) is 11.6 Å². The highest BCUT2D eigenvalue weighted by atomic mass is 35.5. The monoisotopic (exact) mass is 515 g/mol. The molecule has 1 amide bonds. The number of carbonyl (C=O) groups is 1. The molecule has 8 heteroatoms. The van der Waals surface area contributed by atoms with Gasteiger partial charge in [0.15, 0.2) is 0 Å². The summed E-state index contributed by atoms with van der Waals surface area (Å²) in [4.78, 5) is 18.4. The minimum atomic E-state index is -0.456. The lowest BCUT2D eigenvalue weighted by Crippen LogP contribution is -2.31. The molecule has 5 rings (SSSR count). The Bertz CT molecular complexity index is 1450. The second-order valence-corrected chi connectivity index (χ2v) is 10.2. The number of benzene rings is 3. The molecule has 0 saturated carbocycles. The first kappa shape index (κ1) is 24.2. The maximum absolute atomic E-state index is 13.7. The zero-order valence-electron chi connectivity index (χ0n) is 20.2. The molecular weight excluding hydrogens is 490 g/mol. The summed E-state index contributed by atoms with van der Waals surface area (Å²) in [7, 11) is 0. The van der Waals surface area contributed by atoms with E-state index in [0.29, 0.717) is 21.7 Å². The molecular formula is C28H26ClN5OS. The number of hydrogen-bond donors (Lipinski definition) is 2. The standard InChI is InChI=1S/C28H26ClN5OS/c1-17-9-14-23(18(2)15-17)31-26(35)24-19(3)30-27-32-28(36-16-20-7-5-4-6-8-20)33-34(27)25(24)21-10-12-22(29)13-11-21/h4-15,25H,16H2,1-3H3,(H,31,35)(H,30,32,33). The Morgan fingerprint density at radius 3 is 2.53 bits per heavy atom. The van der Waals surface area contributed by atoms with Crippen molar-refractivity contribution >= 4 is 40.9 Å². The molecule has 4 aromatic rings. The molecule has 0 bridgehead atoms. The van der Waals surface area contributed by atoms with Crippen molar-refractivity contribution in [2.45, 2.75) is 37.7 Å². The van der Waals surface area contributed by atoms with Crippen LogP contribution in [0.15, 0.2) is 89.2 Å². The largest absolute Gasteiger partial charge is 0.328 e. The average Bonchev–Trinajstić information content (AvgIpc) is 3.27. The Hall–Kier alpha value is -3.55. The number of aromatic nitrogens is 3. The molecule has 0 radical (unpaired) electrons. The molecule has 36 heavy (non-hydrogen) atoms. The third-order valence-electron chi connectivity index (χ3n) is 6.10. The predicted octanol–water partition coefficient (Wildman–Crippen LogP) is 6.77. The van der Waals surface area contributed by atoms with Gasteiger partial charge < -0.3 is 10.6 Å². The quantitative estimate of drug-likeness (QED) is 0.277. The summed E-state index contributed by atoms with van der Waals surface area (Å²) in [5.41, 5.74) is 6.34. The van der Waals surface area contributed by atoms with Crippen LogP contribution in [-0.2, 0) is 10.5 Å². The van der Waals surface area contributed by atoms with E-state index in [4.69, 9.17) is 21.7 Å². The zero-order valence-corrected chi connectivity index (χ0v) is 21.8. The maximum atomic E-state index is 13.7. The third kappa shape index (κ3) is 5.03. The van der Waals surface area contributed by atoms with Crippen molar-refractivity contribution in [1.82, 2.24) is 14.8 Å². The molecule has 2 heterocycles. The topological polar surface area (TPSA) is 71.8 Å². The van der Waals surface area contributed by atoms with Crippen molar-refractivity contribution in [3.63, 3.8) is 0 Å². The van der Waals surface area contributed by atoms with Gasteiger partial charge in [0.05, 0.1) is 5.57 Å². The SMILES string of the molecule is CC1=C(C(=O)Nc2ccc(C)cc2C)C(c2ccc(Cl)cc2)n2nc(SCc3ccccc3)nc2N1. The molecule has 0 saturated heterocycles. The van der Waals surface area contributed by atoms with E-state index in [1.807, 2.05) is 75.4 Å². The van der Waals surface area contributed by atoms with Crippen LogP contribution in [0, 0.1) is 13.8 Å². The molecule has 182 valence electrons. The lowest BCUT2D eigenvalue weighted by atomic mass is 9.95. The molecule has 3 aromatic carbocycles. The number of amides is 1. The number of thioether (sulfide) groups is 1. The smallest absolute Gasteiger partial charge is 0.255 e. The molecule has 0 spiro atoms. The lowest BCUT2D eigenvalue weighted by Gasteiger charge is -2.29. The van der Waals surface area contributed by atoms with E-state index in [9.17, 15) is 4.79 Å². The molecule has 1 aromatic heterocycles. The van der Waals surface area contributed by atoms with E-state index in [1.54, 1.807) is 16.4 Å². The van der Waals surface area contributed by atoms with Gasteiger partial charge in [0, 0.05) is 22.2 Å². The van der Waals surface area contributed by atoms with Gasteiger partial charge in [0.2, 0.25) is 11.1 Å². The summed E-state index contributed by atoms with van der Waals surface area (Å²) < 4.78 is 1.79. The van der Waals surface area contributed by atoms with E-state index < -0.39 is 6.04 Å². The summed E-state index contributed by atoms with van der Waals surface area (Å²) in [5, 5.41) is 12.5. The van der Waals surface area contributed by atoms with E-state index >= 15 is 0 Å². The summed E-state index contributed by atoms with van der Waals surface area (Å²) in [6.07, 6.45) is 0. The summed E-state index contributed by atoms with van der Waals surface area (Å²) in [6, 6.07) is 23.2. The first-order valence-electron chi connectivity index (χ1n) is 11.6. The minimum absolute atomic E-state index is 0.188. The number of halogens is 1. The number of nitrogens with one attached hydrogen (secondary N) is 2. The number of carbonyl (C=O) groups excluding carboxylic acids is 1. The van der Waals surface area contributed by atoms with Crippen LogP contribution in [0.25, 0.3) is 0 Å². The van der Waals surface area contributed by atoms with Crippen molar-refractivity contribution in [3.05, 3.63) is 111 Å². The normalized spacial score (nSPS) is 14.8. The number of fused-ring (bicyclic) bond motifs is 1. The van der Waals surface area contributed by atoms with Gasteiger partial charge in [-0.15, -0.1) is 5.10 Å². The predicted molar refractivity (Wildman–Crippen MR) is 146 cm³/mol. The molecule has 1 aliphatic rings. The summed E-state index contributed by atoms with van der Waals surface area (Å²) >= 11 is 7.74. The van der Waals surface area contributed by atoms with Crippen LogP contribution in [0.1, 0.15) is 35.2 Å². The first-order chi connectivity index (χ1) is 17.4. The number of aryl methyl sites for hydroxylation is 2. The van der Waals surface area contributed by atoms with Crippen LogP contribution >= 0.6 is 23.4 Å². The van der Waals surface area contributed by atoms with E-state index in [2.05, 4.69) is 28.8 Å². The zero-order chi connectivity index (χ0) is 25.2. The van der Waals surface area contributed by atoms with Crippen molar-refractivity contribution in [3.8, 4) is 0 Å². The van der Waals surface area contributed by atoms with Gasteiger partial charge >= 0.3 is 0 Å². The number of rotatable bonds is 6. The molecule has 6 nitrogen and oxygen atoms in total. The van der Waals surface area contributed by atoms with Gasteiger partial charge in [-0.3, -0.25) is 4.79 Å². The average molecular weight is 516 g/mol. The van der Waals surface area contributed by atoms with Crippen molar-refractivity contribution in [2.24, 2.45) is 0 Å². The number of hydrogen-bond acceptors (Lipinski definition) is 5. The van der Waals surface area contributed by atoms with Gasteiger partial charge in [-0.1, -0.05) is 83.5 Å². The Balaban J connectivity index is 1.50. The van der Waals surface area contributed by atoms with Gasteiger partial charge in [-0.25, -0.2) is 4.68 Å².